The zero-order valence-corrected chi connectivity index (χ0v) is 12.8. The number of rotatable bonds is 7. The van der Waals surface area contributed by atoms with Crippen LogP contribution in [0, 0.1) is 5.82 Å². The lowest BCUT2D eigenvalue weighted by molar-refractivity contribution is -0.139. The number of halogens is 1. The van der Waals surface area contributed by atoms with Crippen LogP contribution in [-0.4, -0.2) is 47.1 Å². The van der Waals surface area contributed by atoms with Gasteiger partial charge in [-0.2, -0.15) is 11.8 Å². The summed E-state index contributed by atoms with van der Waals surface area (Å²) < 4.78 is 13.5. The number of aliphatic carboxylic acids is 1. The summed E-state index contributed by atoms with van der Waals surface area (Å²) in [6.45, 7) is 0.0768. The molecule has 1 aromatic rings. The van der Waals surface area contributed by atoms with Gasteiger partial charge in [0.1, 0.15) is 11.9 Å². The van der Waals surface area contributed by atoms with Gasteiger partial charge in [0, 0.05) is 19.2 Å². The smallest absolute Gasteiger partial charge is 0.326 e. The molecule has 1 aromatic carbocycles. The Bertz CT molecular complexity index is 499. The van der Waals surface area contributed by atoms with Gasteiger partial charge in [0.15, 0.2) is 0 Å². The van der Waals surface area contributed by atoms with Gasteiger partial charge in [0.05, 0.1) is 0 Å². The van der Waals surface area contributed by atoms with Crippen LogP contribution in [0.15, 0.2) is 24.3 Å². The number of amides is 2. The van der Waals surface area contributed by atoms with Crippen molar-refractivity contribution < 1.29 is 19.1 Å². The summed E-state index contributed by atoms with van der Waals surface area (Å²) in [6.07, 6.45) is 2.21. The molecule has 1 rings (SSSR count). The summed E-state index contributed by atoms with van der Waals surface area (Å²) in [5, 5.41) is 11.5. The standard InChI is InChI=1S/C14H19FN2O3S/c1-17(9-10-5-3-4-6-11(10)15)14(20)16-12(13(18)19)7-8-21-2/h3-6,12H,7-9H2,1-2H3,(H,16,20)(H,18,19). The number of carbonyl (C=O) groups excluding carboxylic acids is 1. The van der Waals surface area contributed by atoms with Crippen molar-refractivity contribution in [2.75, 3.05) is 19.1 Å². The molecule has 0 aliphatic rings. The van der Waals surface area contributed by atoms with Gasteiger partial charge in [-0.25, -0.2) is 14.0 Å². The third kappa shape index (κ3) is 5.63. The van der Waals surface area contributed by atoms with Crippen LogP contribution in [0.4, 0.5) is 9.18 Å². The van der Waals surface area contributed by atoms with Crippen molar-refractivity contribution in [1.29, 1.82) is 0 Å². The first-order chi connectivity index (χ1) is 9.95. The number of urea groups is 1. The average molecular weight is 314 g/mol. The van der Waals surface area contributed by atoms with Crippen LogP contribution >= 0.6 is 11.8 Å². The maximum Gasteiger partial charge on any atom is 0.326 e. The zero-order valence-electron chi connectivity index (χ0n) is 12.0. The number of hydrogen-bond acceptors (Lipinski definition) is 3. The molecule has 1 atom stereocenters. The maximum absolute atomic E-state index is 13.5. The summed E-state index contributed by atoms with van der Waals surface area (Å²) >= 11 is 1.51. The minimum Gasteiger partial charge on any atom is -0.480 e. The number of benzene rings is 1. The summed E-state index contributed by atoms with van der Waals surface area (Å²) in [7, 11) is 1.50. The van der Waals surface area contributed by atoms with Crippen LogP contribution in [0.2, 0.25) is 0 Å². The molecule has 0 bridgehead atoms. The molecule has 0 saturated carbocycles. The Morgan fingerprint density at radius 3 is 2.67 bits per heavy atom. The highest BCUT2D eigenvalue weighted by Gasteiger charge is 2.21. The van der Waals surface area contributed by atoms with E-state index in [1.165, 1.54) is 29.8 Å². The number of hydrogen-bond donors (Lipinski definition) is 2. The topological polar surface area (TPSA) is 69.6 Å². The average Bonchev–Trinajstić information content (AvgIpc) is 2.45. The van der Waals surface area contributed by atoms with E-state index < -0.39 is 23.9 Å². The fraction of sp³-hybridized carbons (Fsp3) is 0.429. The SMILES string of the molecule is CSCCC(NC(=O)N(C)Cc1ccccc1F)C(=O)O. The molecular weight excluding hydrogens is 295 g/mol. The van der Waals surface area contributed by atoms with E-state index >= 15 is 0 Å². The molecule has 21 heavy (non-hydrogen) atoms. The van der Waals surface area contributed by atoms with E-state index in [9.17, 15) is 14.0 Å². The molecule has 0 aliphatic heterocycles. The van der Waals surface area contributed by atoms with E-state index in [0.29, 0.717) is 17.7 Å². The molecule has 116 valence electrons. The van der Waals surface area contributed by atoms with Crippen molar-refractivity contribution in [1.82, 2.24) is 10.2 Å². The Hall–Kier alpha value is -1.76. The van der Waals surface area contributed by atoms with Crippen molar-refractivity contribution in [3.8, 4) is 0 Å². The van der Waals surface area contributed by atoms with Gasteiger partial charge < -0.3 is 15.3 Å². The monoisotopic (exact) mass is 314 g/mol. The predicted molar refractivity (Wildman–Crippen MR) is 80.8 cm³/mol. The summed E-state index contributed by atoms with van der Waals surface area (Å²) in [4.78, 5) is 24.3. The van der Waals surface area contributed by atoms with Gasteiger partial charge in [0.2, 0.25) is 0 Å². The number of nitrogens with one attached hydrogen (secondary N) is 1. The number of nitrogens with zero attached hydrogens (tertiary/aromatic N) is 1. The number of carboxylic acid groups (broad SMARTS) is 1. The highest BCUT2D eigenvalue weighted by Crippen LogP contribution is 2.09. The summed E-state index contributed by atoms with van der Waals surface area (Å²) in [5.41, 5.74) is 0.381. The van der Waals surface area contributed by atoms with E-state index in [1.54, 1.807) is 18.2 Å². The molecule has 0 radical (unpaired) electrons. The lowest BCUT2D eigenvalue weighted by Gasteiger charge is -2.21. The molecule has 0 aromatic heterocycles. The van der Waals surface area contributed by atoms with Crippen molar-refractivity contribution in [3.63, 3.8) is 0 Å². The van der Waals surface area contributed by atoms with Crippen LogP contribution in [0.5, 0.6) is 0 Å². The quantitative estimate of drug-likeness (QED) is 0.809. The van der Waals surface area contributed by atoms with Crippen LogP contribution < -0.4 is 5.32 Å². The normalized spacial score (nSPS) is 11.8. The van der Waals surface area contributed by atoms with E-state index in [-0.39, 0.29) is 6.54 Å². The van der Waals surface area contributed by atoms with Gasteiger partial charge in [-0.1, -0.05) is 18.2 Å². The van der Waals surface area contributed by atoms with Crippen molar-refractivity contribution >= 4 is 23.8 Å². The fourth-order valence-electron chi connectivity index (χ4n) is 1.71. The molecule has 0 fully saturated rings. The molecule has 0 aliphatic carbocycles. The first kappa shape index (κ1) is 17.3. The second-order valence-electron chi connectivity index (χ2n) is 4.57. The van der Waals surface area contributed by atoms with Crippen molar-refractivity contribution in [2.45, 2.75) is 19.0 Å². The molecule has 2 amide bonds. The Labute approximate surface area is 127 Å². The van der Waals surface area contributed by atoms with Crippen molar-refractivity contribution in [3.05, 3.63) is 35.6 Å². The highest BCUT2D eigenvalue weighted by atomic mass is 32.2. The third-order valence-electron chi connectivity index (χ3n) is 2.92. The molecule has 7 heteroatoms. The van der Waals surface area contributed by atoms with E-state index in [1.807, 2.05) is 6.26 Å². The fourth-order valence-corrected chi connectivity index (χ4v) is 2.18. The molecule has 1 unspecified atom stereocenters. The Balaban J connectivity index is 2.61. The first-order valence-electron chi connectivity index (χ1n) is 6.42. The minimum atomic E-state index is -1.07. The predicted octanol–water partition coefficient (Wildman–Crippen LogP) is 2.17. The van der Waals surface area contributed by atoms with Gasteiger partial charge in [-0.15, -0.1) is 0 Å². The minimum absolute atomic E-state index is 0.0768. The first-order valence-corrected chi connectivity index (χ1v) is 7.82. The second kappa shape index (κ2) is 8.51. The zero-order chi connectivity index (χ0) is 15.8. The molecule has 0 spiro atoms. The molecule has 0 heterocycles. The Kier molecular flexibility index (Phi) is 7.01. The van der Waals surface area contributed by atoms with Crippen LogP contribution in [0.1, 0.15) is 12.0 Å². The lowest BCUT2D eigenvalue weighted by Crippen LogP contribution is -2.46. The van der Waals surface area contributed by atoms with E-state index in [0.717, 1.165) is 0 Å². The van der Waals surface area contributed by atoms with Gasteiger partial charge in [-0.3, -0.25) is 0 Å². The van der Waals surface area contributed by atoms with Gasteiger partial charge in [-0.05, 0) is 24.5 Å². The maximum atomic E-state index is 13.5. The van der Waals surface area contributed by atoms with E-state index in [4.69, 9.17) is 5.11 Å². The van der Waals surface area contributed by atoms with E-state index in [2.05, 4.69) is 5.32 Å². The Morgan fingerprint density at radius 2 is 2.10 bits per heavy atom. The van der Waals surface area contributed by atoms with Gasteiger partial charge in [0.25, 0.3) is 0 Å². The molecular formula is C14H19FN2O3S. The van der Waals surface area contributed by atoms with Gasteiger partial charge >= 0.3 is 12.0 Å². The molecule has 5 nitrogen and oxygen atoms in total. The van der Waals surface area contributed by atoms with Crippen molar-refractivity contribution in [2.24, 2.45) is 0 Å². The largest absolute Gasteiger partial charge is 0.480 e. The van der Waals surface area contributed by atoms with Crippen LogP contribution in [0.25, 0.3) is 0 Å². The molecule has 0 saturated heterocycles. The number of carboxylic acids is 1. The van der Waals surface area contributed by atoms with Crippen LogP contribution in [-0.2, 0) is 11.3 Å². The third-order valence-corrected chi connectivity index (χ3v) is 3.56. The lowest BCUT2D eigenvalue weighted by atomic mass is 10.2. The summed E-state index contributed by atoms with van der Waals surface area (Å²) in [6, 6.07) is 4.69. The highest BCUT2D eigenvalue weighted by molar-refractivity contribution is 7.98. The number of carbonyl (C=O) groups is 2. The Morgan fingerprint density at radius 1 is 1.43 bits per heavy atom. The number of thioether (sulfide) groups is 1. The second-order valence-corrected chi connectivity index (χ2v) is 5.55. The summed E-state index contributed by atoms with van der Waals surface area (Å²) in [5.74, 6) is -0.833. The molecule has 2 N–H and O–H groups in total. The van der Waals surface area contributed by atoms with Crippen LogP contribution in [0.3, 0.4) is 0 Å².